The number of hydrogen-bond acceptors (Lipinski definition) is 5. The zero-order valence-corrected chi connectivity index (χ0v) is 10.9. The zero-order valence-electron chi connectivity index (χ0n) is 10.9. The lowest BCUT2D eigenvalue weighted by Gasteiger charge is -2.19. The quantitative estimate of drug-likeness (QED) is 0.438. The summed E-state index contributed by atoms with van der Waals surface area (Å²) in [5, 5.41) is 19.4. The van der Waals surface area contributed by atoms with Crippen molar-refractivity contribution in [1.82, 2.24) is 4.90 Å². The molecule has 6 nitrogen and oxygen atoms in total. The van der Waals surface area contributed by atoms with Crippen LogP contribution in [-0.4, -0.2) is 47.0 Å². The first-order valence-electron chi connectivity index (χ1n) is 6.19. The van der Waals surface area contributed by atoms with Gasteiger partial charge in [-0.1, -0.05) is 6.92 Å². The Labute approximate surface area is 111 Å². The van der Waals surface area contributed by atoms with E-state index in [1.807, 2.05) is 11.8 Å². The van der Waals surface area contributed by atoms with Crippen LogP contribution in [0.15, 0.2) is 24.3 Å². The van der Waals surface area contributed by atoms with Crippen molar-refractivity contribution in [3.63, 3.8) is 0 Å². The fourth-order valence-electron chi connectivity index (χ4n) is 1.79. The van der Waals surface area contributed by atoms with Crippen molar-refractivity contribution < 1.29 is 14.8 Å². The van der Waals surface area contributed by atoms with Gasteiger partial charge >= 0.3 is 0 Å². The molecule has 0 aliphatic heterocycles. The highest BCUT2D eigenvalue weighted by Crippen LogP contribution is 2.12. The van der Waals surface area contributed by atoms with Crippen molar-refractivity contribution >= 4 is 11.5 Å². The minimum Gasteiger partial charge on any atom is -0.395 e. The van der Waals surface area contributed by atoms with Crippen LogP contribution < -0.4 is 0 Å². The summed E-state index contributed by atoms with van der Waals surface area (Å²) in [5.41, 5.74) is 0.418. The summed E-state index contributed by atoms with van der Waals surface area (Å²) in [6, 6.07) is 5.57. The summed E-state index contributed by atoms with van der Waals surface area (Å²) in [7, 11) is 0. The summed E-state index contributed by atoms with van der Waals surface area (Å²) >= 11 is 0. The maximum atomic E-state index is 12.0. The number of carbonyl (C=O) groups excluding carboxylic acids is 1. The van der Waals surface area contributed by atoms with E-state index in [1.54, 1.807) is 0 Å². The number of carbonyl (C=O) groups is 1. The van der Waals surface area contributed by atoms with E-state index in [2.05, 4.69) is 0 Å². The minimum absolute atomic E-state index is 0.00748. The van der Waals surface area contributed by atoms with Gasteiger partial charge in [-0.05, 0) is 25.1 Å². The first kappa shape index (κ1) is 15.3. The molecule has 0 saturated carbocycles. The van der Waals surface area contributed by atoms with Gasteiger partial charge in [-0.3, -0.25) is 19.8 Å². The van der Waals surface area contributed by atoms with Crippen molar-refractivity contribution in [3.05, 3.63) is 39.9 Å². The molecule has 1 rings (SSSR count). The molecule has 1 aromatic carbocycles. The number of aliphatic hydroxyl groups is 1. The molecule has 0 radical (unpaired) electrons. The van der Waals surface area contributed by atoms with Gasteiger partial charge in [0.1, 0.15) is 0 Å². The van der Waals surface area contributed by atoms with Crippen LogP contribution in [0.1, 0.15) is 23.7 Å². The lowest BCUT2D eigenvalue weighted by molar-refractivity contribution is -0.384. The van der Waals surface area contributed by atoms with Gasteiger partial charge in [-0.15, -0.1) is 0 Å². The molecule has 0 spiro atoms. The maximum absolute atomic E-state index is 12.0. The van der Waals surface area contributed by atoms with E-state index in [0.717, 1.165) is 13.0 Å². The summed E-state index contributed by atoms with van der Waals surface area (Å²) in [4.78, 5) is 23.9. The van der Waals surface area contributed by atoms with Gasteiger partial charge in [0, 0.05) is 24.2 Å². The van der Waals surface area contributed by atoms with Gasteiger partial charge < -0.3 is 5.11 Å². The van der Waals surface area contributed by atoms with E-state index in [-0.39, 0.29) is 24.6 Å². The topological polar surface area (TPSA) is 83.7 Å². The van der Waals surface area contributed by atoms with E-state index < -0.39 is 4.92 Å². The lowest BCUT2D eigenvalue weighted by Crippen LogP contribution is -2.33. The number of benzene rings is 1. The summed E-state index contributed by atoms with van der Waals surface area (Å²) in [6.45, 7) is 3.41. The van der Waals surface area contributed by atoms with E-state index in [9.17, 15) is 14.9 Å². The molecule has 1 aromatic rings. The molecule has 1 N–H and O–H groups in total. The number of nitrogens with zero attached hydrogens (tertiary/aromatic N) is 2. The number of rotatable bonds is 8. The Balaban J connectivity index is 2.68. The van der Waals surface area contributed by atoms with Gasteiger partial charge in [0.2, 0.25) is 0 Å². The van der Waals surface area contributed by atoms with Crippen LogP contribution in [0.2, 0.25) is 0 Å². The predicted molar refractivity (Wildman–Crippen MR) is 71.2 cm³/mol. The highest BCUT2D eigenvalue weighted by Gasteiger charge is 2.13. The molecule has 0 fully saturated rings. The van der Waals surface area contributed by atoms with Crippen LogP contribution in [0.5, 0.6) is 0 Å². The molecule has 0 aliphatic rings. The van der Waals surface area contributed by atoms with Crippen molar-refractivity contribution in [1.29, 1.82) is 0 Å². The fourth-order valence-corrected chi connectivity index (χ4v) is 1.79. The highest BCUT2D eigenvalue weighted by atomic mass is 16.6. The summed E-state index contributed by atoms with van der Waals surface area (Å²) < 4.78 is 0. The molecule has 0 bridgehead atoms. The van der Waals surface area contributed by atoms with Crippen LogP contribution in [0.25, 0.3) is 0 Å². The summed E-state index contributed by atoms with van der Waals surface area (Å²) in [5.74, 6) is -0.100. The van der Waals surface area contributed by atoms with Crippen molar-refractivity contribution in [3.8, 4) is 0 Å². The molecule has 0 atom stereocenters. The number of aliphatic hydroxyl groups excluding tert-OH is 1. The largest absolute Gasteiger partial charge is 0.395 e. The third-order valence-corrected chi connectivity index (χ3v) is 2.72. The van der Waals surface area contributed by atoms with Crippen molar-refractivity contribution in [2.24, 2.45) is 0 Å². The Bertz CT molecular complexity index is 425. The Morgan fingerprint density at radius 3 is 2.42 bits per heavy atom. The molecule has 0 heterocycles. The molecule has 6 heteroatoms. The number of ketones is 1. The second kappa shape index (κ2) is 7.60. The highest BCUT2D eigenvalue weighted by molar-refractivity contribution is 5.97. The van der Waals surface area contributed by atoms with Gasteiger partial charge in [0.25, 0.3) is 5.69 Å². The Kier molecular flexibility index (Phi) is 6.11. The first-order chi connectivity index (χ1) is 9.08. The third-order valence-electron chi connectivity index (χ3n) is 2.72. The second-order valence-electron chi connectivity index (χ2n) is 4.23. The third kappa shape index (κ3) is 4.76. The molecule has 0 saturated heterocycles. The van der Waals surface area contributed by atoms with Crippen LogP contribution in [0.3, 0.4) is 0 Å². The van der Waals surface area contributed by atoms with Crippen LogP contribution in [0.4, 0.5) is 5.69 Å². The number of nitro groups is 1. The minimum atomic E-state index is -0.497. The molecule has 0 unspecified atom stereocenters. The second-order valence-corrected chi connectivity index (χ2v) is 4.23. The van der Waals surface area contributed by atoms with E-state index >= 15 is 0 Å². The molecule has 104 valence electrons. The molecule has 0 aliphatic carbocycles. The SMILES string of the molecule is CCCN(CCO)CC(=O)c1ccc([N+](=O)[O-])cc1. The average molecular weight is 266 g/mol. The van der Waals surface area contributed by atoms with E-state index in [4.69, 9.17) is 5.11 Å². The van der Waals surface area contributed by atoms with Gasteiger partial charge in [-0.2, -0.15) is 0 Å². The molecule has 0 aromatic heterocycles. The Morgan fingerprint density at radius 2 is 1.95 bits per heavy atom. The molecular formula is C13H18N2O4. The molecular weight excluding hydrogens is 248 g/mol. The first-order valence-corrected chi connectivity index (χ1v) is 6.19. The number of Topliss-reactive ketones (excluding diaryl/α,β-unsaturated/α-hetero) is 1. The van der Waals surface area contributed by atoms with Gasteiger partial charge in [0.05, 0.1) is 18.1 Å². The lowest BCUT2D eigenvalue weighted by atomic mass is 10.1. The van der Waals surface area contributed by atoms with Crippen LogP contribution in [0, 0.1) is 10.1 Å². The Hall–Kier alpha value is -1.79. The number of non-ortho nitro benzene ring substituents is 1. The standard InChI is InChI=1S/C13H18N2O4/c1-2-7-14(8-9-16)10-13(17)11-3-5-12(6-4-11)15(18)19/h3-6,16H,2,7-10H2,1H3. The molecule has 19 heavy (non-hydrogen) atoms. The van der Waals surface area contributed by atoms with Crippen LogP contribution >= 0.6 is 0 Å². The monoisotopic (exact) mass is 266 g/mol. The fraction of sp³-hybridized carbons (Fsp3) is 0.462. The predicted octanol–water partition coefficient (Wildman–Crippen LogP) is 1.48. The van der Waals surface area contributed by atoms with E-state index in [1.165, 1.54) is 24.3 Å². The van der Waals surface area contributed by atoms with Crippen molar-refractivity contribution in [2.75, 3.05) is 26.2 Å². The number of nitro benzene ring substituents is 1. The van der Waals surface area contributed by atoms with Crippen molar-refractivity contribution in [2.45, 2.75) is 13.3 Å². The van der Waals surface area contributed by atoms with Gasteiger partial charge in [-0.25, -0.2) is 0 Å². The summed E-state index contributed by atoms with van der Waals surface area (Å²) in [6.07, 6.45) is 0.896. The average Bonchev–Trinajstić information content (AvgIpc) is 2.39. The normalized spacial score (nSPS) is 10.7. The number of hydrogen-bond donors (Lipinski definition) is 1. The Morgan fingerprint density at radius 1 is 1.32 bits per heavy atom. The van der Waals surface area contributed by atoms with Gasteiger partial charge in [0.15, 0.2) is 5.78 Å². The van der Waals surface area contributed by atoms with E-state index in [0.29, 0.717) is 12.1 Å². The zero-order chi connectivity index (χ0) is 14.3. The smallest absolute Gasteiger partial charge is 0.269 e. The molecule has 0 amide bonds. The maximum Gasteiger partial charge on any atom is 0.269 e. The van der Waals surface area contributed by atoms with Crippen LogP contribution in [-0.2, 0) is 0 Å².